The summed E-state index contributed by atoms with van der Waals surface area (Å²) in [7, 11) is 1.36. The number of ether oxygens (including phenoxy) is 3. The number of hydrogen-bond acceptors (Lipinski definition) is 8. The van der Waals surface area contributed by atoms with Crippen LogP contribution < -0.4 is 0 Å². The Bertz CT molecular complexity index is 1230. The Morgan fingerprint density at radius 2 is 1.88 bits per heavy atom. The molecule has 1 aromatic rings. The number of carbonyl (C=O) groups excluding carboxylic acids is 4. The minimum Gasteiger partial charge on any atom is -0.472 e. The van der Waals surface area contributed by atoms with Gasteiger partial charge in [0.15, 0.2) is 0 Å². The summed E-state index contributed by atoms with van der Waals surface area (Å²) in [6.45, 7) is 11.7. The first kappa shape index (κ1) is 28.6. The lowest BCUT2D eigenvalue weighted by atomic mass is 9.37. The summed E-state index contributed by atoms with van der Waals surface area (Å²) < 4.78 is 22.6. The van der Waals surface area contributed by atoms with E-state index in [0.29, 0.717) is 12.0 Å². The Balaban J connectivity index is 1.61. The number of rotatable bonds is 5. The van der Waals surface area contributed by atoms with E-state index in [1.165, 1.54) is 7.11 Å². The van der Waals surface area contributed by atoms with Gasteiger partial charge in [0, 0.05) is 40.2 Å². The van der Waals surface area contributed by atoms with Crippen LogP contribution in [0.25, 0.3) is 0 Å². The average molecular weight is 555 g/mol. The van der Waals surface area contributed by atoms with Crippen molar-refractivity contribution in [2.24, 2.45) is 45.8 Å². The number of hydrogen-bond donors (Lipinski definition) is 0. The third kappa shape index (κ3) is 4.07. The van der Waals surface area contributed by atoms with Crippen molar-refractivity contribution in [3.8, 4) is 0 Å². The molecule has 8 heteroatoms. The van der Waals surface area contributed by atoms with Crippen molar-refractivity contribution in [2.45, 2.75) is 85.9 Å². The summed E-state index contributed by atoms with van der Waals surface area (Å²) in [5.74, 6) is -1.99. The molecule has 5 rings (SSSR count). The molecule has 1 aliphatic heterocycles. The quantitative estimate of drug-likeness (QED) is 0.263. The summed E-state index contributed by atoms with van der Waals surface area (Å²) in [5, 5.41) is 0. The van der Waals surface area contributed by atoms with Gasteiger partial charge in [-0.15, -0.1) is 0 Å². The van der Waals surface area contributed by atoms with Gasteiger partial charge in [-0.3, -0.25) is 14.4 Å². The van der Waals surface area contributed by atoms with Crippen molar-refractivity contribution >= 4 is 23.7 Å². The molecule has 4 fully saturated rings. The maximum atomic E-state index is 14.5. The monoisotopic (exact) mass is 554 g/mol. The molecule has 0 N–H and O–H groups in total. The fourth-order valence-corrected chi connectivity index (χ4v) is 9.23. The SMILES string of the molecule is C/C=C(\C)C(=O)O[C@@H]1[C@@H]2C[C@@H]3[C@@H]4CC(=O)O[C@@H](c5ccoc5)[C@]4(C)CC[C@@H]3[C@](C)(C2=O)[C@@H](CC(=O)OC)C1(C)C. The molecular weight excluding hydrogens is 512 g/mol. The van der Waals surface area contributed by atoms with Crippen LogP contribution >= 0.6 is 0 Å². The molecule has 0 radical (unpaired) electrons. The number of fused-ring (bicyclic) bond motifs is 6. The molecule has 0 spiro atoms. The van der Waals surface area contributed by atoms with Crippen molar-refractivity contribution in [2.75, 3.05) is 7.11 Å². The van der Waals surface area contributed by atoms with Crippen LogP contribution in [0, 0.1) is 45.8 Å². The van der Waals surface area contributed by atoms with Gasteiger partial charge in [-0.25, -0.2) is 4.79 Å². The Morgan fingerprint density at radius 3 is 2.50 bits per heavy atom. The summed E-state index contributed by atoms with van der Waals surface area (Å²) >= 11 is 0. The van der Waals surface area contributed by atoms with Gasteiger partial charge in [0.1, 0.15) is 18.0 Å². The molecule has 1 aromatic heterocycles. The van der Waals surface area contributed by atoms with Crippen LogP contribution in [0.4, 0.5) is 0 Å². The normalized spacial score (nSPS) is 40.4. The lowest BCUT2D eigenvalue weighted by Crippen LogP contribution is -2.69. The maximum absolute atomic E-state index is 14.5. The van der Waals surface area contributed by atoms with E-state index in [9.17, 15) is 19.2 Å². The lowest BCUT2D eigenvalue weighted by molar-refractivity contribution is -0.230. The average Bonchev–Trinajstić information content (AvgIpc) is 3.45. The smallest absolute Gasteiger partial charge is 0.333 e. The predicted octanol–water partition coefficient (Wildman–Crippen LogP) is 5.61. The number of cyclic esters (lactones) is 1. The summed E-state index contributed by atoms with van der Waals surface area (Å²) in [6, 6.07) is 1.85. The summed E-state index contributed by atoms with van der Waals surface area (Å²) in [6.07, 6.45) is 6.21. The van der Waals surface area contributed by atoms with Gasteiger partial charge in [0.25, 0.3) is 0 Å². The van der Waals surface area contributed by atoms with Crippen molar-refractivity contribution in [1.82, 2.24) is 0 Å². The van der Waals surface area contributed by atoms with E-state index in [1.807, 2.05) is 26.8 Å². The van der Waals surface area contributed by atoms with Gasteiger partial charge in [-0.2, -0.15) is 0 Å². The van der Waals surface area contributed by atoms with Crippen LogP contribution in [0.1, 0.15) is 85.3 Å². The molecule has 0 aromatic carbocycles. The van der Waals surface area contributed by atoms with Gasteiger partial charge < -0.3 is 18.6 Å². The molecule has 1 saturated heterocycles. The highest BCUT2D eigenvalue weighted by Gasteiger charge is 2.71. The van der Waals surface area contributed by atoms with Gasteiger partial charge in [-0.1, -0.05) is 33.8 Å². The Kier molecular flexibility index (Phi) is 7.07. The molecule has 0 amide bonds. The van der Waals surface area contributed by atoms with Crippen LogP contribution in [0.5, 0.6) is 0 Å². The first-order chi connectivity index (χ1) is 18.8. The van der Waals surface area contributed by atoms with E-state index in [0.717, 1.165) is 18.4 Å². The van der Waals surface area contributed by atoms with Gasteiger partial charge in [0.2, 0.25) is 0 Å². The molecule has 2 bridgehead atoms. The third-order valence-corrected chi connectivity index (χ3v) is 11.4. The van der Waals surface area contributed by atoms with Crippen LogP contribution in [0.15, 0.2) is 34.7 Å². The predicted molar refractivity (Wildman–Crippen MR) is 144 cm³/mol. The number of ketones is 1. The molecular formula is C32H42O8. The minimum absolute atomic E-state index is 0.0203. The largest absolute Gasteiger partial charge is 0.472 e. The number of furan rings is 1. The van der Waals surface area contributed by atoms with Crippen LogP contribution in [0.3, 0.4) is 0 Å². The molecule has 2 heterocycles. The molecule has 0 unspecified atom stereocenters. The van der Waals surface area contributed by atoms with Crippen molar-refractivity contribution in [1.29, 1.82) is 0 Å². The van der Waals surface area contributed by atoms with Crippen molar-refractivity contribution in [3.63, 3.8) is 0 Å². The lowest BCUT2D eigenvalue weighted by Gasteiger charge is -2.66. The molecule has 8 nitrogen and oxygen atoms in total. The van der Waals surface area contributed by atoms with E-state index >= 15 is 0 Å². The Hall–Kier alpha value is -2.90. The van der Waals surface area contributed by atoms with E-state index in [2.05, 4.69) is 6.92 Å². The number of carbonyl (C=O) groups is 4. The summed E-state index contributed by atoms with van der Waals surface area (Å²) in [5.41, 5.74) is -0.529. The topological polar surface area (TPSA) is 109 Å². The zero-order chi connectivity index (χ0) is 29.2. The molecule has 218 valence electrons. The Labute approximate surface area is 236 Å². The number of methoxy groups -OCH3 is 1. The molecule has 40 heavy (non-hydrogen) atoms. The van der Waals surface area contributed by atoms with Gasteiger partial charge in [-0.05, 0) is 62.8 Å². The van der Waals surface area contributed by atoms with Crippen LogP contribution in [0.2, 0.25) is 0 Å². The second kappa shape index (κ2) is 9.88. The highest BCUT2D eigenvalue weighted by atomic mass is 16.6. The number of Topliss-reactive ketones (excluding diaryl/α,β-unsaturated/α-hetero) is 1. The van der Waals surface area contributed by atoms with Crippen molar-refractivity contribution in [3.05, 3.63) is 35.8 Å². The second-order valence-corrected chi connectivity index (χ2v) is 13.5. The molecule has 4 aliphatic rings. The highest BCUT2D eigenvalue weighted by Crippen LogP contribution is 2.70. The molecule has 3 aliphatic carbocycles. The standard InChI is InChI=1S/C32H42O8/c1-8-17(2)29(36)40-28-20-13-19-21(32(6,26(20)35)23(30(28,3)4)15-24(33)37-7)9-11-31(5)22(19)14-25(34)39-27(31)18-10-12-38-16-18/h8,10,12,16,19-23,27-28H,9,11,13-15H2,1-7H3/b17-8+/t19-,20+,21-,22-,23-,27-,28+,31+,32-/m0/s1. The zero-order valence-electron chi connectivity index (χ0n) is 24.7. The maximum Gasteiger partial charge on any atom is 0.333 e. The van der Waals surface area contributed by atoms with Gasteiger partial charge in [0.05, 0.1) is 25.6 Å². The summed E-state index contributed by atoms with van der Waals surface area (Å²) in [4.78, 5) is 53.4. The van der Waals surface area contributed by atoms with Gasteiger partial charge >= 0.3 is 17.9 Å². The number of allylic oxidation sites excluding steroid dienone is 1. The fourth-order valence-electron chi connectivity index (χ4n) is 9.23. The molecule has 3 saturated carbocycles. The van der Waals surface area contributed by atoms with E-state index in [4.69, 9.17) is 18.6 Å². The third-order valence-electron chi connectivity index (χ3n) is 11.4. The highest BCUT2D eigenvalue weighted by molar-refractivity contribution is 5.92. The second-order valence-electron chi connectivity index (χ2n) is 13.5. The van der Waals surface area contributed by atoms with E-state index in [-0.39, 0.29) is 53.7 Å². The molecule has 9 atom stereocenters. The first-order valence-corrected chi connectivity index (χ1v) is 14.5. The first-order valence-electron chi connectivity index (χ1n) is 14.5. The van der Waals surface area contributed by atoms with Crippen molar-refractivity contribution < 1.29 is 37.8 Å². The van der Waals surface area contributed by atoms with E-state index in [1.54, 1.807) is 32.4 Å². The van der Waals surface area contributed by atoms with E-state index < -0.39 is 40.8 Å². The minimum atomic E-state index is -0.836. The van der Waals surface area contributed by atoms with Crippen LogP contribution in [-0.4, -0.2) is 36.9 Å². The zero-order valence-corrected chi connectivity index (χ0v) is 24.7. The number of esters is 3. The van der Waals surface area contributed by atoms with Crippen LogP contribution in [-0.2, 0) is 33.4 Å². The fraction of sp³-hybridized carbons (Fsp3) is 0.688. The Morgan fingerprint density at radius 1 is 1.15 bits per heavy atom.